The van der Waals surface area contributed by atoms with Gasteiger partial charge in [0, 0.05) is 12.6 Å². The van der Waals surface area contributed by atoms with Crippen molar-refractivity contribution >= 4 is 0 Å². The molecule has 1 unspecified atom stereocenters. The first-order chi connectivity index (χ1) is 9.27. The third-order valence-electron chi connectivity index (χ3n) is 4.29. The molecule has 3 heteroatoms. The number of nitrogens with one attached hydrogen (secondary N) is 1. The van der Waals surface area contributed by atoms with E-state index in [1.54, 1.807) is 0 Å². The van der Waals surface area contributed by atoms with Crippen molar-refractivity contribution < 1.29 is 0 Å². The molecule has 1 heterocycles. The Bertz CT molecular complexity index is 208. The van der Waals surface area contributed by atoms with Gasteiger partial charge in [0.2, 0.25) is 0 Å². The van der Waals surface area contributed by atoms with Crippen LogP contribution in [-0.4, -0.2) is 62.2 Å². The van der Waals surface area contributed by atoms with Gasteiger partial charge in [-0.3, -0.25) is 4.90 Å². The fraction of sp³-hybridized carbons (Fsp3) is 1.00. The van der Waals surface area contributed by atoms with Gasteiger partial charge in [0.1, 0.15) is 0 Å². The van der Waals surface area contributed by atoms with Crippen molar-refractivity contribution in [2.45, 2.75) is 58.4 Å². The van der Waals surface area contributed by atoms with Crippen LogP contribution in [0.1, 0.15) is 52.4 Å². The molecule has 0 spiro atoms. The predicted molar refractivity (Wildman–Crippen MR) is 84.8 cm³/mol. The number of nitrogens with zero attached hydrogens (tertiary/aromatic N) is 2. The Hall–Kier alpha value is -0.120. The molecule has 1 aliphatic heterocycles. The Balaban J connectivity index is 2.12. The van der Waals surface area contributed by atoms with E-state index in [2.05, 4.69) is 36.0 Å². The lowest BCUT2D eigenvalue weighted by molar-refractivity contribution is 0.180. The molecule has 1 rings (SSSR count). The third-order valence-corrected chi connectivity index (χ3v) is 4.29. The second kappa shape index (κ2) is 10.6. The second-order valence-electron chi connectivity index (χ2n) is 5.98. The molecule has 0 saturated carbocycles. The minimum absolute atomic E-state index is 0.786. The summed E-state index contributed by atoms with van der Waals surface area (Å²) in [4.78, 5) is 5.25. The average Bonchev–Trinajstić information content (AvgIpc) is 2.59. The van der Waals surface area contributed by atoms with Crippen molar-refractivity contribution in [3.8, 4) is 0 Å². The number of rotatable bonds is 9. The second-order valence-corrected chi connectivity index (χ2v) is 5.98. The van der Waals surface area contributed by atoms with Crippen molar-refractivity contribution in [1.29, 1.82) is 0 Å². The van der Waals surface area contributed by atoms with Crippen LogP contribution in [0.25, 0.3) is 0 Å². The molecule has 0 radical (unpaired) electrons. The highest BCUT2D eigenvalue weighted by Gasteiger charge is 2.20. The lowest BCUT2D eigenvalue weighted by atomic mass is 10.1. The van der Waals surface area contributed by atoms with Gasteiger partial charge >= 0.3 is 0 Å². The number of likely N-dealkylation sites (N-methyl/N-ethyl adjacent to an activating group) is 1. The monoisotopic (exact) mass is 269 g/mol. The first-order valence-electron chi connectivity index (χ1n) is 8.41. The molecule has 0 aliphatic carbocycles. The Kier molecular flexibility index (Phi) is 9.48. The Morgan fingerprint density at radius 3 is 2.58 bits per heavy atom. The molecule has 1 saturated heterocycles. The van der Waals surface area contributed by atoms with Crippen molar-refractivity contribution in [3.63, 3.8) is 0 Å². The van der Waals surface area contributed by atoms with Gasteiger partial charge in [-0.15, -0.1) is 0 Å². The highest BCUT2D eigenvalue weighted by atomic mass is 15.2. The first kappa shape index (κ1) is 16.9. The van der Waals surface area contributed by atoms with Gasteiger partial charge in [0.05, 0.1) is 0 Å². The van der Waals surface area contributed by atoms with Crippen molar-refractivity contribution in [1.82, 2.24) is 15.1 Å². The largest absolute Gasteiger partial charge is 0.317 e. The van der Waals surface area contributed by atoms with Gasteiger partial charge in [0.15, 0.2) is 0 Å². The van der Waals surface area contributed by atoms with Crippen LogP contribution < -0.4 is 5.32 Å². The number of hydrogen-bond donors (Lipinski definition) is 1. The lowest BCUT2D eigenvalue weighted by Gasteiger charge is -2.30. The van der Waals surface area contributed by atoms with Crippen LogP contribution in [0.15, 0.2) is 0 Å². The van der Waals surface area contributed by atoms with Crippen molar-refractivity contribution in [2.75, 3.05) is 46.3 Å². The normalized spacial score (nSPS) is 22.6. The van der Waals surface area contributed by atoms with Crippen LogP contribution in [0.5, 0.6) is 0 Å². The van der Waals surface area contributed by atoms with E-state index in [1.165, 1.54) is 71.2 Å². The van der Waals surface area contributed by atoms with Gasteiger partial charge in [0.25, 0.3) is 0 Å². The molecule has 1 aliphatic rings. The molecule has 0 aromatic rings. The zero-order valence-corrected chi connectivity index (χ0v) is 13.5. The van der Waals surface area contributed by atoms with E-state index in [9.17, 15) is 0 Å². The molecular formula is C16H35N3. The van der Waals surface area contributed by atoms with Crippen LogP contribution in [0, 0.1) is 0 Å². The summed E-state index contributed by atoms with van der Waals surface area (Å²) >= 11 is 0. The van der Waals surface area contributed by atoms with E-state index in [1.807, 2.05) is 0 Å². The van der Waals surface area contributed by atoms with Crippen molar-refractivity contribution in [3.05, 3.63) is 0 Å². The topological polar surface area (TPSA) is 18.5 Å². The quantitative estimate of drug-likeness (QED) is 0.649. The van der Waals surface area contributed by atoms with Gasteiger partial charge in [-0.2, -0.15) is 0 Å². The smallest absolute Gasteiger partial charge is 0.0220 e. The Labute approximate surface area is 120 Å². The molecule has 3 nitrogen and oxygen atoms in total. The average molecular weight is 269 g/mol. The minimum atomic E-state index is 0.786. The summed E-state index contributed by atoms with van der Waals surface area (Å²) in [5.74, 6) is 0. The third kappa shape index (κ3) is 7.28. The SMILES string of the molecule is CCNCCCCCCN1CCCN(C)CC1CC. The molecule has 1 fully saturated rings. The van der Waals surface area contributed by atoms with Gasteiger partial charge < -0.3 is 10.2 Å². The minimum Gasteiger partial charge on any atom is -0.317 e. The fourth-order valence-corrected chi connectivity index (χ4v) is 3.07. The first-order valence-corrected chi connectivity index (χ1v) is 8.41. The fourth-order valence-electron chi connectivity index (χ4n) is 3.07. The van der Waals surface area contributed by atoms with E-state index in [0.717, 1.165) is 12.6 Å². The molecule has 0 aromatic carbocycles. The maximum Gasteiger partial charge on any atom is 0.0220 e. The molecule has 0 amide bonds. The van der Waals surface area contributed by atoms with Gasteiger partial charge in [-0.1, -0.05) is 26.7 Å². The Morgan fingerprint density at radius 1 is 1.05 bits per heavy atom. The predicted octanol–water partition coefficient (Wildman–Crippen LogP) is 2.57. The van der Waals surface area contributed by atoms with E-state index >= 15 is 0 Å². The maximum atomic E-state index is 3.40. The highest BCUT2D eigenvalue weighted by molar-refractivity contribution is 4.77. The zero-order valence-electron chi connectivity index (χ0n) is 13.5. The lowest BCUT2D eigenvalue weighted by Crippen LogP contribution is -2.40. The molecule has 0 bridgehead atoms. The molecule has 19 heavy (non-hydrogen) atoms. The molecule has 1 N–H and O–H groups in total. The maximum absolute atomic E-state index is 3.40. The van der Waals surface area contributed by atoms with Crippen LogP contribution in [-0.2, 0) is 0 Å². The summed E-state index contributed by atoms with van der Waals surface area (Å²) in [5.41, 5.74) is 0. The van der Waals surface area contributed by atoms with Gasteiger partial charge in [-0.05, 0) is 65.5 Å². The standard InChI is InChI=1S/C16H35N3/c1-4-16-15-18(3)12-10-14-19(16)13-9-7-6-8-11-17-5-2/h16-17H,4-15H2,1-3H3. The van der Waals surface area contributed by atoms with E-state index < -0.39 is 0 Å². The van der Waals surface area contributed by atoms with E-state index in [4.69, 9.17) is 0 Å². The number of unbranched alkanes of at least 4 members (excludes halogenated alkanes) is 3. The summed E-state index contributed by atoms with van der Waals surface area (Å²) in [6.07, 6.45) is 8.14. The molecular weight excluding hydrogens is 234 g/mol. The summed E-state index contributed by atoms with van der Waals surface area (Å²) in [5, 5.41) is 3.40. The summed E-state index contributed by atoms with van der Waals surface area (Å²) < 4.78 is 0. The number of hydrogen-bond acceptors (Lipinski definition) is 3. The highest BCUT2D eigenvalue weighted by Crippen LogP contribution is 2.13. The Morgan fingerprint density at radius 2 is 1.84 bits per heavy atom. The zero-order chi connectivity index (χ0) is 13.9. The van der Waals surface area contributed by atoms with Crippen LogP contribution in [0.2, 0.25) is 0 Å². The van der Waals surface area contributed by atoms with Crippen LogP contribution in [0.3, 0.4) is 0 Å². The molecule has 114 valence electrons. The summed E-state index contributed by atoms with van der Waals surface area (Å²) in [6.45, 7) is 12.0. The van der Waals surface area contributed by atoms with Gasteiger partial charge in [-0.25, -0.2) is 0 Å². The summed E-state index contributed by atoms with van der Waals surface area (Å²) in [6, 6.07) is 0.786. The molecule has 1 atom stereocenters. The summed E-state index contributed by atoms with van der Waals surface area (Å²) in [7, 11) is 2.27. The van der Waals surface area contributed by atoms with Crippen LogP contribution >= 0.6 is 0 Å². The van der Waals surface area contributed by atoms with E-state index in [0.29, 0.717) is 0 Å². The molecule has 0 aromatic heterocycles. The van der Waals surface area contributed by atoms with Crippen molar-refractivity contribution in [2.24, 2.45) is 0 Å². The van der Waals surface area contributed by atoms with E-state index in [-0.39, 0.29) is 0 Å². The van der Waals surface area contributed by atoms with Crippen LogP contribution in [0.4, 0.5) is 0 Å².